The molecule has 0 aliphatic heterocycles. The molecule has 6 heteroatoms. The molecule has 0 aliphatic carbocycles. The summed E-state index contributed by atoms with van der Waals surface area (Å²) in [5.41, 5.74) is 6.70. The van der Waals surface area contributed by atoms with Gasteiger partial charge in [0.05, 0.1) is 18.5 Å². The minimum Gasteiger partial charge on any atom is -0.461 e. The first-order valence-electron chi connectivity index (χ1n) is 5.14. The van der Waals surface area contributed by atoms with Crippen LogP contribution in [0.4, 0.5) is 5.82 Å². The minimum atomic E-state index is -0.521. The summed E-state index contributed by atoms with van der Waals surface area (Å²) in [5.74, 6) is -0.274. The van der Waals surface area contributed by atoms with E-state index in [1.807, 2.05) is 6.07 Å². The fourth-order valence-corrected chi connectivity index (χ4v) is 1.42. The summed E-state index contributed by atoms with van der Waals surface area (Å²) < 4.78 is 6.43. The van der Waals surface area contributed by atoms with Gasteiger partial charge in [-0.3, -0.25) is 9.55 Å². The number of carbonyl (C=O) groups excluding carboxylic acids is 1. The zero-order chi connectivity index (χ0) is 12.3. The number of esters is 1. The van der Waals surface area contributed by atoms with Crippen LogP contribution in [0.3, 0.4) is 0 Å². The number of rotatable bonds is 3. The molecule has 0 fully saturated rings. The van der Waals surface area contributed by atoms with E-state index in [9.17, 15) is 4.79 Å². The average Bonchev–Trinajstić information content (AvgIpc) is 2.72. The molecule has 2 N–H and O–H groups in total. The summed E-state index contributed by atoms with van der Waals surface area (Å²) in [7, 11) is 0. The molecule has 0 saturated heterocycles. The molecule has 0 aromatic carbocycles. The third-order valence-corrected chi connectivity index (χ3v) is 2.20. The van der Waals surface area contributed by atoms with Crippen molar-refractivity contribution in [2.24, 2.45) is 0 Å². The Morgan fingerprint density at radius 3 is 3.06 bits per heavy atom. The highest BCUT2D eigenvalue weighted by atomic mass is 16.5. The molecule has 2 aromatic heterocycles. The summed E-state index contributed by atoms with van der Waals surface area (Å²) in [6, 6.07) is 3.60. The standard InChI is InChI=1S/C11H12N4O2/c1-2-17-11(16)9-10(12)15(7-14-9)8-4-3-5-13-6-8/h3-7H,2,12H2,1H3. The van der Waals surface area contributed by atoms with Crippen LogP contribution < -0.4 is 5.73 Å². The van der Waals surface area contributed by atoms with Gasteiger partial charge in [0.1, 0.15) is 12.1 Å². The normalized spacial score (nSPS) is 10.2. The smallest absolute Gasteiger partial charge is 0.360 e. The Bertz CT molecular complexity index is 522. The highest BCUT2D eigenvalue weighted by Crippen LogP contribution is 2.16. The maximum Gasteiger partial charge on any atom is 0.360 e. The molecule has 6 nitrogen and oxygen atoms in total. The second-order valence-electron chi connectivity index (χ2n) is 3.28. The number of hydrogen-bond donors (Lipinski definition) is 1. The predicted molar refractivity (Wildman–Crippen MR) is 61.7 cm³/mol. The number of nitrogens with zero attached hydrogens (tertiary/aromatic N) is 3. The molecular formula is C11H12N4O2. The number of imidazole rings is 1. The number of carbonyl (C=O) groups is 1. The molecule has 0 bridgehead atoms. The van der Waals surface area contributed by atoms with E-state index >= 15 is 0 Å². The van der Waals surface area contributed by atoms with Crippen molar-refractivity contribution in [3.63, 3.8) is 0 Å². The van der Waals surface area contributed by atoms with Crippen LogP contribution in [-0.4, -0.2) is 27.1 Å². The molecule has 2 rings (SSSR count). The van der Waals surface area contributed by atoms with E-state index in [2.05, 4.69) is 9.97 Å². The molecule has 2 aromatic rings. The fourth-order valence-electron chi connectivity index (χ4n) is 1.42. The van der Waals surface area contributed by atoms with E-state index in [-0.39, 0.29) is 18.1 Å². The number of aromatic nitrogens is 3. The van der Waals surface area contributed by atoms with Gasteiger partial charge in [-0.25, -0.2) is 9.78 Å². The number of anilines is 1. The second-order valence-corrected chi connectivity index (χ2v) is 3.28. The molecule has 2 heterocycles. The monoisotopic (exact) mass is 232 g/mol. The first kappa shape index (κ1) is 11.1. The van der Waals surface area contributed by atoms with E-state index in [1.165, 1.54) is 6.33 Å². The number of nitrogens with two attached hydrogens (primary N) is 1. The Morgan fingerprint density at radius 1 is 1.59 bits per heavy atom. The number of nitrogen functional groups attached to an aromatic ring is 1. The van der Waals surface area contributed by atoms with Gasteiger partial charge in [-0.1, -0.05) is 0 Å². The van der Waals surface area contributed by atoms with Crippen molar-refractivity contribution in [1.82, 2.24) is 14.5 Å². The summed E-state index contributed by atoms with van der Waals surface area (Å²) in [5, 5.41) is 0. The third kappa shape index (κ3) is 2.10. The lowest BCUT2D eigenvalue weighted by Gasteiger charge is -2.04. The Morgan fingerprint density at radius 2 is 2.41 bits per heavy atom. The van der Waals surface area contributed by atoms with Crippen LogP contribution in [-0.2, 0) is 4.74 Å². The molecule has 0 radical (unpaired) electrons. The topological polar surface area (TPSA) is 83.0 Å². The molecule has 0 spiro atoms. The lowest BCUT2D eigenvalue weighted by Crippen LogP contribution is -2.09. The van der Waals surface area contributed by atoms with E-state index in [4.69, 9.17) is 10.5 Å². The van der Waals surface area contributed by atoms with Crippen molar-refractivity contribution < 1.29 is 9.53 Å². The van der Waals surface area contributed by atoms with Crippen LogP contribution in [0.25, 0.3) is 5.69 Å². The van der Waals surface area contributed by atoms with Crippen molar-refractivity contribution >= 4 is 11.8 Å². The first-order chi connectivity index (χ1) is 8.24. The number of hydrogen-bond acceptors (Lipinski definition) is 5. The summed E-state index contributed by atoms with van der Waals surface area (Å²) in [6.45, 7) is 2.02. The van der Waals surface area contributed by atoms with Crippen LogP contribution in [0.2, 0.25) is 0 Å². The Hall–Kier alpha value is -2.37. The van der Waals surface area contributed by atoms with Gasteiger partial charge >= 0.3 is 5.97 Å². The zero-order valence-corrected chi connectivity index (χ0v) is 9.33. The minimum absolute atomic E-state index is 0.121. The first-order valence-corrected chi connectivity index (χ1v) is 5.14. The number of pyridine rings is 1. The van der Waals surface area contributed by atoms with Crippen LogP contribution in [0.1, 0.15) is 17.4 Å². The van der Waals surface area contributed by atoms with Gasteiger partial charge in [-0.15, -0.1) is 0 Å². The van der Waals surface area contributed by atoms with E-state index in [0.717, 1.165) is 5.69 Å². The Balaban J connectivity index is 2.37. The summed E-state index contributed by atoms with van der Waals surface area (Å²) in [4.78, 5) is 19.4. The van der Waals surface area contributed by atoms with Crippen molar-refractivity contribution in [2.45, 2.75) is 6.92 Å². The predicted octanol–water partition coefficient (Wildman–Crippen LogP) is 1.03. The van der Waals surface area contributed by atoms with Crippen molar-refractivity contribution in [2.75, 3.05) is 12.3 Å². The van der Waals surface area contributed by atoms with Crippen molar-refractivity contribution in [3.8, 4) is 5.69 Å². The molecule has 0 atom stereocenters. The molecule has 0 unspecified atom stereocenters. The Labute approximate surface area is 98.1 Å². The molecule has 17 heavy (non-hydrogen) atoms. The van der Waals surface area contributed by atoms with Crippen LogP contribution in [0.5, 0.6) is 0 Å². The van der Waals surface area contributed by atoms with E-state index in [1.54, 1.807) is 30.0 Å². The lowest BCUT2D eigenvalue weighted by atomic mass is 10.4. The summed E-state index contributed by atoms with van der Waals surface area (Å²) in [6.07, 6.45) is 4.76. The molecule has 0 amide bonds. The Kier molecular flexibility index (Phi) is 3.04. The van der Waals surface area contributed by atoms with Gasteiger partial charge in [-0.05, 0) is 19.1 Å². The van der Waals surface area contributed by atoms with Gasteiger partial charge < -0.3 is 10.5 Å². The zero-order valence-electron chi connectivity index (χ0n) is 9.33. The number of ether oxygens (including phenoxy) is 1. The van der Waals surface area contributed by atoms with Crippen molar-refractivity contribution in [3.05, 3.63) is 36.5 Å². The molecule has 88 valence electrons. The third-order valence-electron chi connectivity index (χ3n) is 2.20. The van der Waals surface area contributed by atoms with E-state index < -0.39 is 5.97 Å². The maximum atomic E-state index is 11.5. The molecular weight excluding hydrogens is 220 g/mol. The lowest BCUT2D eigenvalue weighted by molar-refractivity contribution is 0.0521. The SMILES string of the molecule is CCOC(=O)c1ncn(-c2cccnc2)c1N. The highest BCUT2D eigenvalue weighted by Gasteiger charge is 2.17. The average molecular weight is 232 g/mol. The van der Waals surface area contributed by atoms with Crippen LogP contribution >= 0.6 is 0 Å². The quantitative estimate of drug-likeness (QED) is 0.799. The van der Waals surface area contributed by atoms with Gasteiger partial charge in [-0.2, -0.15) is 0 Å². The largest absolute Gasteiger partial charge is 0.461 e. The van der Waals surface area contributed by atoms with E-state index in [0.29, 0.717) is 0 Å². The van der Waals surface area contributed by atoms with Crippen LogP contribution in [0, 0.1) is 0 Å². The van der Waals surface area contributed by atoms with Gasteiger partial charge in [0.15, 0.2) is 5.69 Å². The maximum absolute atomic E-state index is 11.5. The second kappa shape index (κ2) is 4.65. The van der Waals surface area contributed by atoms with Crippen LogP contribution in [0.15, 0.2) is 30.9 Å². The highest BCUT2D eigenvalue weighted by molar-refractivity contribution is 5.92. The van der Waals surface area contributed by atoms with Gasteiger partial charge in [0.25, 0.3) is 0 Å². The molecule has 0 aliphatic rings. The van der Waals surface area contributed by atoms with Gasteiger partial charge in [0, 0.05) is 6.20 Å². The molecule has 0 saturated carbocycles. The summed E-state index contributed by atoms with van der Waals surface area (Å²) >= 11 is 0. The fraction of sp³-hybridized carbons (Fsp3) is 0.182. The van der Waals surface area contributed by atoms with Crippen molar-refractivity contribution in [1.29, 1.82) is 0 Å². The van der Waals surface area contributed by atoms with Gasteiger partial charge in [0.2, 0.25) is 0 Å².